The van der Waals surface area contributed by atoms with Gasteiger partial charge in [0, 0.05) is 15.8 Å². The largest absolute Gasteiger partial charge is 0.481 e. The van der Waals surface area contributed by atoms with Crippen LogP contribution in [-0.2, 0) is 4.79 Å². The Morgan fingerprint density at radius 3 is 2.22 bits per heavy atom. The minimum absolute atomic E-state index is 0.544. The SMILES string of the molecule is [2H]C(C[Si](C)(C)C)C(=O)O. The summed E-state index contributed by atoms with van der Waals surface area (Å²) in [6, 6.07) is 0.544. The Labute approximate surface area is 58.3 Å². The van der Waals surface area contributed by atoms with Crippen molar-refractivity contribution < 1.29 is 11.3 Å². The van der Waals surface area contributed by atoms with Gasteiger partial charge in [-0.3, -0.25) is 4.79 Å². The van der Waals surface area contributed by atoms with E-state index in [1.165, 1.54) is 0 Å². The molecule has 0 radical (unpaired) electrons. The van der Waals surface area contributed by atoms with Gasteiger partial charge in [-0.2, -0.15) is 0 Å². The summed E-state index contributed by atoms with van der Waals surface area (Å²) >= 11 is 0. The van der Waals surface area contributed by atoms with Crippen LogP contribution in [0, 0.1) is 0 Å². The van der Waals surface area contributed by atoms with Crippen molar-refractivity contribution in [3.63, 3.8) is 0 Å². The average molecular weight is 147 g/mol. The Bertz CT molecular complexity index is 130. The lowest BCUT2D eigenvalue weighted by atomic mass is 10.5. The van der Waals surface area contributed by atoms with Gasteiger partial charge in [0.1, 0.15) is 0 Å². The van der Waals surface area contributed by atoms with Crippen molar-refractivity contribution in [3.8, 4) is 0 Å². The first-order valence-corrected chi connectivity index (χ1v) is 6.69. The molecule has 54 valence electrons. The molecule has 0 fully saturated rings. The van der Waals surface area contributed by atoms with Crippen molar-refractivity contribution in [1.82, 2.24) is 0 Å². The van der Waals surface area contributed by atoms with Gasteiger partial charge in [-0.1, -0.05) is 19.6 Å². The van der Waals surface area contributed by atoms with E-state index in [4.69, 9.17) is 6.48 Å². The molecule has 1 N–H and O–H groups in total. The minimum Gasteiger partial charge on any atom is -0.481 e. The fourth-order valence-corrected chi connectivity index (χ4v) is 1.18. The van der Waals surface area contributed by atoms with E-state index < -0.39 is 20.4 Å². The van der Waals surface area contributed by atoms with Gasteiger partial charge in [0.05, 0.1) is 0 Å². The summed E-state index contributed by atoms with van der Waals surface area (Å²) in [4.78, 5) is 10.2. The zero-order valence-corrected chi connectivity index (χ0v) is 7.14. The summed E-state index contributed by atoms with van der Waals surface area (Å²) in [7, 11) is -1.35. The third kappa shape index (κ3) is 7.69. The van der Waals surface area contributed by atoms with E-state index >= 15 is 0 Å². The number of carboxylic acids is 1. The Morgan fingerprint density at radius 2 is 2.11 bits per heavy atom. The molecule has 1 atom stereocenters. The highest BCUT2D eigenvalue weighted by Crippen LogP contribution is 2.10. The molecule has 0 saturated heterocycles. The molecule has 0 amide bonds. The van der Waals surface area contributed by atoms with Gasteiger partial charge in [0.2, 0.25) is 0 Å². The van der Waals surface area contributed by atoms with Crippen LogP contribution in [0.15, 0.2) is 0 Å². The summed E-state index contributed by atoms with van der Waals surface area (Å²) < 4.78 is 7.12. The predicted octanol–water partition coefficient (Wildman–Crippen LogP) is 1.80. The van der Waals surface area contributed by atoms with Crippen LogP contribution >= 0.6 is 0 Å². The van der Waals surface area contributed by atoms with Crippen LogP contribution in [0.1, 0.15) is 7.77 Å². The molecule has 0 saturated carbocycles. The molecule has 0 aromatic heterocycles. The van der Waals surface area contributed by atoms with E-state index in [0.29, 0.717) is 6.04 Å². The molecular formula is C6H14O2Si. The molecule has 0 aromatic rings. The molecule has 2 nitrogen and oxygen atoms in total. The number of rotatable bonds is 3. The molecule has 0 aromatic carbocycles. The molecule has 3 heteroatoms. The number of hydrogen-bond acceptors (Lipinski definition) is 1. The third-order valence-electron chi connectivity index (χ3n) is 0.889. The van der Waals surface area contributed by atoms with E-state index in [0.717, 1.165) is 0 Å². The zero-order chi connectivity index (χ0) is 8.36. The van der Waals surface area contributed by atoms with Crippen LogP contribution in [0.25, 0.3) is 0 Å². The van der Waals surface area contributed by atoms with Gasteiger partial charge in [-0.15, -0.1) is 0 Å². The molecule has 0 spiro atoms. The quantitative estimate of drug-likeness (QED) is 0.618. The summed E-state index contributed by atoms with van der Waals surface area (Å²) in [5, 5.41) is 8.38. The van der Waals surface area contributed by atoms with Gasteiger partial charge in [0.15, 0.2) is 0 Å². The van der Waals surface area contributed by atoms with Gasteiger partial charge in [-0.05, 0) is 6.04 Å². The van der Waals surface area contributed by atoms with Crippen LogP contribution < -0.4 is 0 Å². The highest BCUT2D eigenvalue weighted by Gasteiger charge is 2.13. The van der Waals surface area contributed by atoms with Gasteiger partial charge in [-0.25, -0.2) is 0 Å². The van der Waals surface area contributed by atoms with E-state index in [-0.39, 0.29) is 0 Å². The van der Waals surface area contributed by atoms with Gasteiger partial charge in [0.25, 0.3) is 0 Å². The fraction of sp³-hybridized carbons (Fsp3) is 0.833. The fourth-order valence-electron chi connectivity index (χ4n) is 0.393. The van der Waals surface area contributed by atoms with Crippen LogP contribution in [0.3, 0.4) is 0 Å². The summed E-state index contributed by atoms with van der Waals surface area (Å²) in [6.45, 7) is 6.20. The molecule has 9 heavy (non-hydrogen) atoms. The number of carboxylic acid groups (broad SMARTS) is 1. The summed E-state index contributed by atoms with van der Waals surface area (Å²) in [6.07, 6.45) is -0.910. The van der Waals surface area contributed by atoms with Gasteiger partial charge < -0.3 is 5.11 Å². The Morgan fingerprint density at radius 1 is 1.67 bits per heavy atom. The maximum absolute atomic E-state index is 10.2. The van der Waals surface area contributed by atoms with Crippen LogP contribution in [0.5, 0.6) is 0 Å². The normalized spacial score (nSPS) is 16.6. The zero-order valence-electron chi connectivity index (χ0n) is 7.14. The Balaban J connectivity index is 3.80. The first-order valence-electron chi connectivity index (χ1n) is 3.56. The second-order valence-corrected chi connectivity index (χ2v) is 8.84. The highest BCUT2D eigenvalue weighted by molar-refractivity contribution is 6.76. The van der Waals surface area contributed by atoms with Crippen molar-refractivity contribution in [3.05, 3.63) is 0 Å². The van der Waals surface area contributed by atoms with E-state index in [9.17, 15) is 4.79 Å². The minimum atomic E-state index is -1.35. The third-order valence-corrected chi connectivity index (χ3v) is 2.32. The van der Waals surface area contributed by atoms with Gasteiger partial charge >= 0.3 is 5.97 Å². The Hall–Kier alpha value is -0.313. The number of aliphatic carboxylic acids is 1. The maximum atomic E-state index is 10.2. The van der Waals surface area contributed by atoms with Crippen LogP contribution in [0.2, 0.25) is 25.7 Å². The second kappa shape index (κ2) is 3.01. The molecule has 1 unspecified atom stereocenters. The predicted molar refractivity (Wildman–Crippen MR) is 40.4 cm³/mol. The lowest BCUT2D eigenvalue weighted by Gasteiger charge is -2.12. The smallest absolute Gasteiger partial charge is 0.303 e. The van der Waals surface area contributed by atoms with Crippen molar-refractivity contribution in [2.45, 2.75) is 32.1 Å². The molecule has 0 aliphatic rings. The highest BCUT2D eigenvalue weighted by atomic mass is 28.3. The molecular weight excluding hydrogens is 132 g/mol. The van der Waals surface area contributed by atoms with Crippen molar-refractivity contribution in [2.24, 2.45) is 0 Å². The monoisotopic (exact) mass is 147 g/mol. The first-order chi connectivity index (χ1) is 4.33. The molecule has 0 aliphatic heterocycles. The van der Waals surface area contributed by atoms with E-state index in [1.54, 1.807) is 0 Å². The topological polar surface area (TPSA) is 37.3 Å². The average Bonchev–Trinajstić information content (AvgIpc) is 1.60. The second-order valence-electron chi connectivity index (χ2n) is 3.31. The summed E-state index contributed by atoms with van der Waals surface area (Å²) in [5.74, 6) is -0.998. The maximum Gasteiger partial charge on any atom is 0.303 e. The molecule has 0 heterocycles. The van der Waals surface area contributed by atoms with E-state index in [1.807, 2.05) is 0 Å². The summed E-state index contributed by atoms with van der Waals surface area (Å²) in [5.41, 5.74) is 0. The van der Waals surface area contributed by atoms with E-state index in [2.05, 4.69) is 19.6 Å². The van der Waals surface area contributed by atoms with Crippen LogP contribution in [-0.4, -0.2) is 19.1 Å². The number of carbonyl (C=O) groups is 1. The van der Waals surface area contributed by atoms with Crippen molar-refractivity contribution in [2.75, 3.05) is 0 Å². The van der Waals surface area contributed by atoms with Crippen molar-refractivity contribution >= 4 is 14.0 Å². The van der Waals surface area contributed by atoms with Crippen LogP contribution in [0.4, 0.5) is 0 Å². The standard InChI is InChI=1S/C6H14O2Si/c1-9(2,3)5-4-6(7)8/h4-5H2,1-3H3,(H,7,8)/i4D. The molecule has 0 aliphatic carbocycles. The number of hydrogen-bond donors (Lipinski definition) is 1. The lowest BCUT2D eigenvalue weighted by molar-refractivity contribution is -0.136. The first kappa shape index (κ1) is 6.80. The Kier molecular flexibility index (Phi) is 2.27. The lowest BCUT2D eigenvalue weighted by Crippen LogP contribution is -2.20. The molecule has 0 bridgehead atoms. The molecule has 0 rings (SSSR count). The van der Waals surface area contributed by atoms with Crippen molar-refractivity contribution in [1.29, 1.82) is 0 Å².